The van der Waals surface area contributed by atoms with Crippen molar-refractivity contribution in [3.05, 3.63) is 186 Å². The minimum Gasteiger partial charge on any atom is -0.456 e. The van der Waals surface area contributed by atoms with Crippen LogP contribution in [0.5, 0.6) is 0 Å². The highest BCUT2D eigenvalue weighted by molar-refractivity contribution is 6.17. The highest BCUT2D eigenvalue weighted by atomic mass is 16.3. The van der Waals surface area contributed by atoms with Gasteiger partial charge in [0.05, 0.1) is 22.1 Å². The zero-order valence-electron chi connectivity index (χ0n) is 30.8. The molecule has 3 aromatic heterocycles. The summed E-state index contributed by atoms with van der Waals surface area (Å²) in [5.41, 5.74) is 11.0. The summed E-state index contributed by atoms with van der Waals surface area (Å²) in [6.45, 7) is 0. The first-order valence-electron chi connectivity index (χ1n) is 19.5. The summed E-state index contributed by atoms with van der Waals surface area (Å²) in [5, 5.41) is 10.5. The van der Waals surface area contributed by atoms with Crippen LogP contribution in [0.15, 0.2) is 183 Å². The van der Waals surface area contributed by atoms with Crippen molar-refractivity contribution in [3.63, 3.8) is 0 Å². The predicted octanol–water partition coefficient (Wildman–Crippen LogP) is 10.5. The predicted molar refractivity (Wildman–Crippen MR) is 232 cm³/mol. The summed E-state index contributed by atoms with van der Waals surface area (Å²) in [6.07, 6.45) is 5.11. The fraction of sp³-hybridized carbons (Fsp3) is 0.0588. The van der Waals surface area contributed by atoms with Crippen molar-refractivity contribution in [3.8, 4) is 16.8 Å². The molecular formula is C51H34N4O2. The summed E-state index contributed by atoms with van der Waals surface area (Å²) in [7, 11) is 0. The Morgan fingerprint density at radius 3 is 1.96 bits per heavy atom. The van der Waals surface area contributed by atoms with Gasteiger partial charge in [-0.3, -0.25) is 0 Å². The summed E-state index contributed by atoms with van der Waals surface area (Å²) in [6, 6.07) is 57.0. The second kappa shape index (κ2) is 12.5. The van der Waals surface area contributed by atoms with E-state index >= 15 is 0 Å². The van der Waals surface area contributed by atoms with Crippen LogP contribution in [-0.4, -0.2) is 22.4 Å². The number of furan rings is 2. The Kier molecular flexibility index (Phi) is 7.01. The molecule has 2 aliphatic rings. The molecule has 0 radical (unpaired) electrons. The molecule has 12 rings (SSSR count). The molecule has 0 spiro atoms. The van der Waals surface area contributed by atoms with Crippen molar-refractivity contribution in [1.29, 1.82) is 0 Å². The zero-order valence-corrected chi connectivity index (χ0v) is 30.8. The number of nitrogens with one attached hydrogen (secondary N) is 1. The fourth-order valence-electron chi connectivity index (χ4n) is 9.03. The van der Waals surface area contributed by atoms with Crippen LogP contribution in [0, 0.1) is 5.92 Å². The SMILES string of the molecule is C1=c2oc3cccc(-c4cccc5c4oc4cccc(-n6c7ccccc7c7ccccc76)c45)c3c2=CC(C2N=C(c3ccccc3)N=C(c3ccccc3)N2)C1. The van der Waals surface area contributed by atoms with Crippen molar-refractivity contribution in [2.24, 2.45) is 15.9 Å². The van der Waals surface area contributed by atoms with Crippen LogP contribution in [0.3, 0.4) is 0 Å². The standard InChI is InChI=1S/C51H34N4O2/c1-3-14-31(15-4-1)49-52-50(32-16-5-2-6-17-32)54-51(53-49)33-28-29-43-39(30-33)46-36(20-12-26-44(46)56-43)37-21-11-22-38-47-42(25-13-27-45(47)57-48(37)38)55-40-23-9-7-18-34(40)35-19-8-10-24-41(35)55/h1-27,29-30,33,51H,28H2,(H,52,53,54). The molecule has 1 aliphatic carbocycles. The van der Waals surface area contributed by atoms with Crippen LogP contribution in [0.1, 0.15) is 17.5 Å². The minimum atomic E-state index is -0.229. The normalized spacial score (nSPS) is 16.6. The van der Waals surface area contributed by atoms with Crippen molar-refractivity contribution < 1.29 is 8.83 Å². The molecular weight excluding hydrogens is 701 g/mol. The number of aliphatic imine (C=N–C) groups is 2. The summed E-state index contributed by atoms with van der Waals surface area (Å²) < 4.78 is 15.9. The minimum absolute atomic E-state index is 0.0510. The Labute approximate surface area is 327 Å². The van der Waals surface area contributed by atoms with Gasteiger partial charge in [0.25, 0.3) is 0 Å². The second-order valence-electron chi connectivity index (χ2n) is 14.9. The van der Waals surface area contributed by atoms with Gasteiger partial charge in [0.2, 0.25) is 0 Å². The summed E-state index contributed by atoms with van der Waals surface area (Å²) >= 11 is 0. The third kappa shape index (κ3) is 4.97. The van der Waals surface area contributed by atoms with E-state index in [0.29, 0.717) is 0 Å². The van der Waals surface area contributed by atoms with Crippen LogP contribution < -0.4 is 16.0 Å². The van der Waals surface area contributed by atoms with E-state index in [9.17, 15) is 0 Å². The Morgan fingerprint density at radius 1 is 0.561 bits per heavy atom. The van der Waals surface area contributed by atoms with Crippen molar-refractivity contribution in [2.75, 3.05) is 0 Å². The van der Waals surface area contributed by atoms with Gasteiger partial charge in [-0.05, 0) is 48.4 Å². The molecule has 10 aromatic rings. The maximum atomic E-state index is 6.89. The number of benzene rings is 7. The highest BCUT2D eigenvalue weighted by Gasteiger charge is 2.28. The molecule has 0 amide bonds. The molecule has 0 saturated heterocycles. The number of fused-ring (bicyclic) bond motifs is 9. The van der Waals surface area contributed by atoms with E-state index in [1.165, 1.54) is 21.8 Å². The monoisotopic (exact) mass is 734 g/mol. The Balaban J connectivity index is 1.02. The topological polar surface area (TPSA) is 68.0 Å². The van der Waals surface area contributed by atoms with Gasteiger partial charge < -0.3 is 18.7 Å². The molecule has 57 heavy (non-hydrogen) atoms. The molecule has 6 nitrogen and oxygen atoms in total. The number of amidine groups is 2. The van der Waals surface area contributed by atoms with Gasteiger partial charge in [-0.15, -0.1) is 0 Å². The lowest BCUT2D eigenvalue weighted by Crippen LogP contribution is -2.44. The first kappa shape index (κ1) is 31.9. The lowest BCUT2D eigenvalue weighted by Gasteiger charge is -2.28. The van der Waals surface area contributed by atoms with Gasteiger partial charge in [-0.1, -0.05) is 140 Å². The van der Waals surface area contributed by atoms with E-state index in [0.717, 1.165) is 89.6 Å². The summed E-state index contributed by atoms with van der Waals surface area (Å²) in [4.78, 5) is 10.2. The van der Waals surface area contributed by atoms with Gasteiger partial charge in [-0.25, -0.2) is 9.98 Å². The van der Waals surface area contributed by atoms with Gasteiger partial charge in [0, 0.05) is 49.4 Å². The average molecular weight is 735 g/mol. The lowest BCUT2D eigenvalue weighted by molar-refractivity contribution is 0.495. The molecule has 4 heterocycles. The number of para-hydroxylation sites is 3. The van der Waals surface area contributed by atoms with Gasteiger partial charge in [0.15, 0.2) is 5.84 Å². The van der Waals surface area contributed by atoms with E-state index < -0.39 is 0 Å². The van der Waals surface area contributed by atoms with E-state index in [1.807, 2.05) is 36.4 Å². The molecule has 1 N–H and O–H groups in total. The third-order valence-electron chi connectivity index (χ3n) is 11.6. The maximum Gasteiger partial charge on any atom is 0.159 e. The molecule has 2 atom stereocenters. The Morgan fingerprint density at radius 2 is 1.19 bits per heavy atom. The van der Waals surface area contributed by atoms with Gasteiger partial charge in [-0.2, -0.15) is 0 Å². The van der Waals surface area contributed by atoms with Crippen LogP contribution in [0.4, 0.5) is 0 Å². The van der Waals surface area contributed by atoms with E-state index in [2.05, 4.69) is 149 Å². The van der Waals surface area contributed by atoms with Gasteiger partial charge in [0.1, 0.15) is 34.2 Å². The number of rotatable bonds is 5. The molecule has 270 valence electrons. The zero-order chi connectivity index (χ0) is 37.5. The lowest BCUT2D eigenvalue weighted by atomic mass is 9.93. The Bertz CT molecular complexity index is 3370. The van der Waals surface area contributed by atoms with Crippen molar-refractivity contribution >= 4 is 78.5 Å². The number of hydrogen-bond acceptors (Lipinski definition) is 5. The maximum absolute atomic E-state index is 6.89. The molecule has 0 fully saturated rings. The Hall–Kier alpha value is -7.44. The number of nitrogens with zero attached hydrogens (tertiary/aromatic N) is 3. The molecule has 7 aromatic carbocycles. The van der Waals surface area contributed by atoms with Crippen LogP contribution in [0.2, 0.25) is 0 Å². The molecule has 0 bridgehead atoms. The smallest absolute Gasteiger partial charge is 0.159 e. The van der Waals surface area contributed by atoms with Crippen LogP contribution in [0.25, 0.3) is 83.7 Å². The number of aromatic nitrogens is 1. The number of hydrogen-bond donors (Lipinski definition) is 1. The largest absolute Gasteiger partial charge is 0.456 e. The van der Waals surface area contributed by atoms with E-state index in [-0.39, 0.29) is 12.1 Å². The summed E-state index contributed by atoms with van der Waals surface area (Å²) in [5.74, 6) is 1.60. The molecule has 2 unspecified atom stereocenters. The quantitative estimate of drug-likeness (QED) is 0.191. The van der Waals surface area contributed by atoms with Crippen LogP contribution in [-0.2, 0) is 0 Å². The fourth-order valence-corrected chi connectivity index (χ4v) is 9.03. The van der Waals surface area contributed by atoms with Crippen molar-refractivity contribution in [1.82, 2.24) is 9.88 Å². The third-order valence-corrected chi connectivity index (χ3v) is 11.6. The van der Waals surface area contributed by atoms with E-state index in [1.54, 1.807) is 0 Å². The first-order chi connectivity index (χ1) is 28.3. The second-order valence-corrected chi connectivity index (χ2v) is 14.9. The first-order valence-corrected chi connectivity index (χ1v) is 19.5. The van der Waals surface area contributed by atoms with Crippen molar-refractivity contribution in [2.45, 2.75) is 12.6 Å². The molecule has 6 heteroatoms. The molecule has 1 aliphatic heterocycles. The highest BCUT2D eigenvalue weighted by Crippen LogP contribution is 2.42. The van der Waals surface area contributed by atoms with E-state index in [4.69, 9.17) is 18.8 Å². The average Bonchev–Trinajstić information content (AvgIpc) is 3.96. The van der Waals surface area contributed by atoms with Crippen LogP contribution >= 0.6 is 0 Å². The van der Waals surface area contributed by atoms with Gasteiger partial charge >= 0.3 is 0 Å². The molecule has 0 saturated carbocycles.